The van der Waals surface area contributed by atoms with Crippen LogP contribution in [-0.2, 0) is 19.4 Å². The summed E-state index contributed by atoms with van der Waals surface area (Å²) in [5, 5.41) is 4.55. The van der Waals surface area contributed by atoms with Gasteiger partial charge in [0.2, 0.25) is 0 Å². The van der Waals surface area contributed by atoms with Crippen LogP contribution in [0.2, 0.25) is 0 Å². The van der Waals surface area contributed by atoms with Crippen molar-refractivity contribution in [3.8, 4) is 0 Å². The standard InChI is InChI=1S/C15H22N4/c1-4-13-8-14(19(5-2)18-13)9-15(16)12-7-6-11(3)17-10-12/h6-8,10,15H,4-5,9,16H2,1-3H3. The molecule has 4 nitrogen and oxygen atoms in total. The summed E-state index contributed by atoms with van der Waals surface area (Å²) in [5.74, 6) is 0. The number of pyridine rings is 1. The number of hydrogen-bond acceptors (Lipinski definition) is 3. The van der Waals surface area contributed by atoms with E-state index >= 15 is 0 Å². The molecule has 0 amide bonds. The molecule has 2 N–H and O–H groups in total. The maximum atomic E-state index is 6.27. The third-order valence-corrected chi connectivity index (χ3v) is 3.37. The fourth-order valence-corrected chi connectivity index (χ4v) is 2.17. The molecule has 0 saturated heterocycles. The minimum Gasteiger partial charge on any atom is -0.324 e. The number of nitrogens with zero attached hydrogens (tertiary/aromatic N) is 3. The SMILES string of the molecule is CCc1cc(CC(N)c2ccc(C)nc2)n(CC)n1. The van der Waals surface area contributed by atoms with E-state index in [1.807, 2.05) is 23.9 Å². The van der Waals surface area contributed by atoms with Crippen LogP contribution in [-0.4, -0.2) is 14.8 Å². The molecule has 0 aliphatic rings. The quantitative estimate of drug-likeness (QED) is 0.896. The molecule has 0 aliphatic heterocycles. The number of aromatic nitrogens is 3. The van der Waals surface area contributed by atoms with Gasteiger partial charge in [0.1, 0.15) is 0 Å². The van der Waals surface area contributed by atoms with Crippen LogP contribution in [0.3, 0.4) is 0 Å². The molecule has 2 aromatic rings. The van der Waals surface area contributed by atoms with E-state index in [1.165, 1.54) is 5.69 Å². The second-order valence-corrected chi connectivity index (χ2v) is 4.84. The number of rotatable bonds is 5. The van der Waals surface area contributed by atoms with Crippen molar-refractivity contribution in [1.82, 2.24) is 14.8 Å². The van der Waals surface area contributed by atoms with Crippen molar-refractivity contribution in [1.29, 1.82) is 0 Å². The predicted octanol–water partition coefficient (Wildman–Crippen LogP) is 2.41. The Morgan fingerprint density at radius 3 is 2.68 bits per heavy atom. The largest absolute Gasteiger partial charge is 0.324 e. The molecule has 102 valence electrons. The molecule has 2 rings (SSSR count). The van der Waals surface area contributed by atoms with Crippen LogP contribution in [0, 0.1) is 6.92 Å². The molecular weight excluding hydrogens is 236 g/mol. The summed E-state index contributed by atoms with van der Waals surface area (Å²) in [7, 11) is 0. The van der Waals surface area contributed by atoms with Gasteiger partial charge in [-0.1, -0.05) is 13.0 Å². The Morgan fingerprint density at radius 1 is 1.32 bits per heavy atom. The molecule has 0 saturated carbocycles. The van der Waals surface area contributed by atoms with E-state index in [-0.39, 0.29) is 6.04 Å². The van der Waals surface area contributed by atoms with E-state index in [1.54, 1.807) is 0 Å². The van der Waals surface area contributed by atoms with Crippen LogP contribution in [0.15, 0.2) is 24.4 Å². The Kier molecular flexibility index (Phi) is 4.32. The molecule has 19 heavy (non-hydrogen) atoms. The average Bonchev–Trinajstić information content (AvgIpc) is 2.81. The van der Waals surface area contributed by atoms with Gasteiger partial charge in [-0.15, -0.1) is 0 Å². The first-order valence-electron chi connectivity index (χ1n) is 6.87. The van der Waals surface area contributed by atoms with Gasteiger partial charge in [0, 0.05) is 36.6 Å². The lowest BCUT2D eigenvalue weighted by Crippen LogP contribution is -2.16. The van der Waals surface area contributed by atoms with Gasteiger partial charge in [-0.05, 0) is 38.0 Å². The lowest BCUT2D eigenvalue weighted by Gasteiger charge is -2.12. The first-order valence-corrected chi connectivity index (χ1v) is 6.87. The van der Waals surface area contributed by atoms with E-state index in [0.717, 1.165) is 36.3 Å². The van der Waals surface area contributed by atoms with Crippen molar-refractivity contribution in [2.24, 2.45) is 5.73 Å². The summed E-state index contributed by atoms with van der Waals surface area (Å²) in [6, 6.07) is 6.19. The highest BCUT2D eigenvalue weighted by molar-refractivity contribution is 5.20. The molecule has 2 heterocycles. The predicted molar refractivity (Wildman–Crippen MR) is 76.9 cm³/mol. The molecule has 2 aromatic heterocycles. The summed E-state index contributed by atoms with van der Waals surface area (Å²) >= 11 is 0. The zero-order valence-electron chi connectivity index (χ0n) is 11.9. The summed E-state index contributed by atoms with van der Waals surface area (Å²) in [5.41, 5.74) is 10.7. The fourth-order valence-electron chi connectivity index (χ4n) is 2.17. The van der Waals surface area contributed by atoms with Gasteiger partial charge in [0.05, 0.1) is 5.69 Å². The number of aryl methyl sites for hydroxylation is 3. The van der Waals surface area contributed by atoms with Crippen LogP contribution in [0.4, 0.5) is 0 Å². The van der Waals surface area contributed by atoms with Crippen molar-refractivity contribution in [2.45, 2.75) is 46.2 Å². The summed E-state index contributed by atoms with van der Waals surface area (Å²) in [6.07, 6.45) is 3.63. The fraction of sp³-hybridized carbons (Fsp3) is 0.467. The van der Waals surface area contributed by atoms with E-state index in [9.17, 15) is 0 Å². The van der Waals surface area contributed by atoms with Gasteiger partial charge in [-0.25, -0.2) is 0 Å². The van der Waals surface area contributed by atoms with Crippen molar-refractivity contribution in [3.63, 3.8) is 0 Å². The topological polar surface area (TPSA) is 56.7 Å². The summed E-state index contributed by atoms with van der Waals surface area (Å²) < 4.78 is 2.04. The normalized spacial score (nSPS) is 12.6. The van der Waals surface area contributed by atoms with Crippen LogP contribution in [0.1, 0.15) is 42.5 Å². The molecule has 0 fully saturated rings. The summed E-state index contributed by atoms with van der Waals surface area (Å²) in [4.78, 5) is 4.30. The molecule has 4 heteroatoms. The molecule has 0 bridgehead atoms. The van der Waals surface area contributed by atoms with Gasteiger partial charge >= 0.3 is 0 Å². The van der Waals surface area contributed by atoms with Gasteiger partial charge < -0.3 is 5.73 Å². The zero-order valence-corrected chi connectivity index (χ0v) is 11.9. The molecule has 1 atom stereocenters. The summed E-state index contributed by atoms with van der Waals surface area (Å²) in [6.45, 7) is 7.09. The monoisotopic (exact) mass is 258 g/mol. The smallest absolute Gasteiger partial charge is 0.0624 e. The maximum absolute atomic E-state index is 6.27. The Morgan fingerprint density at radius 2 is 2.11 bits per heavy atom. The Bertz CT molecular complexity index is 528. The molecule has 1 unspecified atom stereocenters. The molecular formula is C15H22N4. The van der Waals surface area contributed by atoms with Gasteiger partial charge in [0.25, 0.3) is 0 Å². The second kappa shape index (κ2) is 5.97. The number of hydrogen-bond donors (Lipinski definition) is 1. The molecule has 0 aliphatic carbocycles. The highest BCUT2D eigenvalue weighted by atomic mass is 15.3. The Hall–Kier alpha value is -1.68. The van der Waals surface area contributed by atoms with Crippen molar-refractivity contribution in [3.05, 3.63) is 47.0 Å². The molecule has 0 spiro atoms. The third kappa shape index (κ3) is 3.20. The highest BCUT2D eigenvalue weighted by Gasteiger charge is 2.12. The Labute approximate surface area is 114 Å². The third-order valence-electron chi connectivity index (χ3n) is 3.37. The average molecular weight is 258 g/mol. The van der Waals surface area contributed by atoms with E-state index in [4.69, 9.17) is 5.73 Å². The van der Waals surface area contributed by atoms with Crippen LogP contribution in [0.5, 0.6) is 0 Å². The molecule has 0 aromatic carbocycles. The van der Waals surface area contributed by atoms with E-state index < -0.39 is 0 Å². The lowest BCUT2D eigenvalue weighted by atomic mass is 10.0. The van der Waals surface area contributed by atoms with Gasteiger partial charge in [-0.3, -0.25) is 9.67 Å². The zero-order chi connectivity index (χ0) is 13.8. The first kappa shape index (κ1) is 13.7. The number of nitrogens with two attached hydrogens (primary N) is 1. The van der Waals surface area contributed by atoms with Crippen LogP contribution in [0.25, 0.3) is 0 Å². The lowest BCUT2D eigenvalue weighted by molar-refractivity contribution is 0.585. The van der Waals surface area contributed by atoms with Gasteiger partial charge in [0.15, 0.2) is 0 Å². The maximum Gasteiger partial charge on any atom is 0.0624 e. The minimum absolute atomic E-state index is 0.0280. The second-order valence-electron chi connectivity index (χ2n) is 4.84. The van der Waals surface area contributed by atoms with Crippen LogP contribution >= 0.6 is 0 Å². The van der Waals surface area contributed by atoms with Crippen molar-refractivity contribution < 1.29 is 0 Å². The van der Waals surface area contributed by atoms with E-state index in [0.29, 0.717) is 0 Å². The molecule has 0 radical (unpaired) electrons. The first-order chi connectivity index (χ1) is 9.13. The van der Waals surface area contributed by atoms with Gasteiger partial charge in [-0.2, -0.15) is 5.10 Å². The Balaban J connectivity index is 2.15. The van der Waals surface area contributed by atoms with E-state index in [2.05, 4.69) is 36.1 Å². The highest BCUT2D eigenvalue weighted by Crippen LogP contribution is 2.17. The minimum atomic E-state index is -0.0280. The van der Waals surface area contributed by atoms with Crippen LogP contribution < -0.4 is 5.73 Å². The van der Waals surface area contributed by atoms with Crippen molar-refractivity contribution >= 4 is 0 Å². The van der Waals surface area contributed by atoms with Crippen molar-refractivity contribution in [2.75, 3.05) is 0 Å².